The number of nitroso groups, excluding NO2 is 1. The van der Waals surface area contributed by atoms with Crippen LogP contribution in [-0.4, -0.2) is 10.9 Å². The highest BCUT2D eigenvalue weighted by Crippen LogP contribution is 2.33. The quantitative estimate of drug-likeness (QED) is 0.699. The maximum atomic E-state index is 11.3. The summed E-state index contributed by atoms with van der Waals surface area (Å²) < 4.78 is 5.49. The third kappa shape index (κ3) is 2.89. The molecule has 1 aromatic carbocycles. The number of hydrogen-bond acceptors (Lipinski definition) is 3. The predicted molar refractivity (Wildman–Crippen MR) is 93.4 cm³/mol. The molecule has 124 valence electrons. The molecule has 1 N–H and O–H groups in total. The molecular formula is C19H20N2O3. The Morgan fingerprint density at radius 2 is 1.96 bits per heavy atom. The summed E-state index contributed by atoms with van der Waals surface area (Å²) in [6.45, 7) is 8.53. The lowest BCUT2D eigenvalue weighted by Crippen LogP contribution is -2.14. The molecule has 2 aromatic heterocycles. The van der Waals surface area contributed by atoms with Gasteiger partial charge in [-0.2, -0.15) is 0 Å². The Hall–Kier alpha value is -2.69. The fourth-order valence-corrected chi connectivity index (χ4v) is 3.00. The molecule has 0 saturated heterocycles. The van der Waals surface area contributed by atoms with Crippen molar-refractivity contribution in [3.63, 3.8) is 0 Å². The summed E-state index contributed by atoms with van der Waals surface area (Å²) in [7, 11) is 0. The topological polar surface area (TPSA) is 75.4 Å². The first-order valence-electron chi connectivity index (χ1n) is 7.87. The molecule has 0 radical (unpaired) electrons. The third-order valence-corrected chi connectivity index (χ3v) is 4.12. The van der Waals surface area contributed by atoms with Gasteiger partial charge in [0.05, 0.1) is 0 Å². The summed E-state index contributed by atoms with van der Waals surface area (Å²) >= 11 is 0. The van der Waals surface area contributed by atoms with Crippen molar-refractivity contribution in [1.29, 1.82) is 0 Å². The molecular weight excluding hydrogens is 304 g/mol. The van der Waals surface area contributed by atoms with Crippen molar-refractivity contribution < 1.29 is 9.21 Å². The maximum Gasteiger partial charge on any atom is 0.351 e. The minimum absolute atomic E-state index is 0.0204. The van der Waals surface area contributed by atoms with Gasteiger partial charge in [0.15, 0.2) is 5.76 Å². The minimum Gasteiger partial charge on any atom is -0.455 e. The predicted octanol–water partition coefficient (Wildman–Crippen LogP) is 4.86. The molecule has 0 bridgehead atoms. The minimum atomic E-state index is -0.883. The number of aryl methyl sites for hydroxylation is 1. The summed E-state index contributed by atoms with van der Waals surface area (Å²) in [6.07, 6.45) is 0.543. The Kier molecular flexibility index (Phi) is 3.87. The summed E-state index contributed by atoms with van der Waals surface area (Å²) in [5.41, 5.74) is 4.51. The number of amides is 1. The number of hydrogen-bond donors (Lipinski definition) is 1. The summed E-state index contributed by atoms with van der Waals surface area (Å²) in [6, 6.07) is 9.53. The van der Waals surface area contributed by atoms with Crippen molar-refractivity contribution >= 4 is 16.8 Å². The van der Waals surface area contributed by atoms with Crippen molar-refractivity contribution in [2.24, 2.45) is 5.18 Å². The molecule has 0 aliphatic rings. The lowest BCUT2D eigenvalue weighted by molar-refractivity contribution is 0.0973. The van der Waals surface area contributed by atoms with Crippen LogP contribution in [0.2, 0.25) is 0 Å². The fourth-order valence-electron chi connectivity index (χ4n) is 3.00. The molecule has 5 nitrogen and oxygen atoms in total. The molecule has 0 aliphatic heterocycles. The molecule has 3 rings (SSSR count). The van der Waals surface area contributed by atoms with Gasteiger partial charge in [-0.3, -0.25) is 4.79 Å². The van der Waals surface area contributed by atoms with Gasteiger partial charge in [0.25, 0.3) is 0 Å². The number of carbonyl (C=O) groups excluding carboxylic acids is 1. The van der Waals surface area contributed by atoms with Gasteiger partial charge in [-0.1, -0.05) is 32.9 Å². The van der Waals surface area contributed by atoms with Gasteiger partial charge in [0.1, 0.15) is 5.76 Å². The van der Waals surface area contributed by atoms with E-state index in [0.29, 0.717) is 12.2 Å². The number of nitrogens with zero attached hydrogens (tertiary/aromatic N) is 1. The summed E-state index contributed by atoms with van der Waals surface area (Å²) in [5.74, 6) is -0.270. The molecule has 0 fully saturated rings. The normalized spacial score (nSPS) is 11.8. The fraction of sp³-hybridized carbons (Fsp3) is 0.316. The molecule has 1 amide bonds. The number of H-pyrrole nitrogens is 1. The van der Waals surface area contributed by atoms with Gasteiger partial charge in [-0.15, -0.1) is 4.91 Å². The number of nitrogens with one attached hydrogen (secondary N) is 1. The Balaban J connectivity index is 2.09. The van der Waals surface area contributed by atoms with Crippen LogP contribution in [0.25, 0.3) is 10.9 Å². The smallest absolute Gasteiger partial charge is 0.351 e. The number of aromatic amines is 1. The van der Waals surface area contributed by atoms with Crippen LogP contribution in [0.4, 0.5) is 0 Å². The maximum absolute atomic E-state index is 11.3. The highest BCUT2D eigenvalue weighted by atomic mass is 16.4. The van der Waals surface area contributed by atoms with Gasteiger partial charge in [0, 0.05) is 33.6 Å². The van der Waals surface area contributed by atoms with Crippen LogP contribution in [-0.2, 0) is 11.8 Å². The molecule has 0 saturated carbocycles. The summed E-state index contributed by atoms with van der Waals surface area (Å²) in [5, 5.41) is 3.54. The average molecular weight is 324 g/mol. The van der Waals surface area contributed by atoms with Crippen LogP contribution in [0.15, 0.2) is 39.9 Å². The standard InChI is InChI=1S/C19H20N2O3/c1-11-5-7-13-14(17(19(2,3)4)20-15(13)9-11)10-12-6-8-16(24-12)18(22)21-23/h5-9,20H,10H2,1-4H3. The van der Waals surface area contributed by atoms with E-state index >= 15 is 0 Å². The molecule has 24 heavy (non-hydrogen) atoms. The molecule has 3 aromatic rings. The Morgan fingerprint density at radius 1 is 1.21 bits per heavy atom. The highest BCUT2D eigenvalue weighted by Gasteiger charge is 2.23. The number of benzene rings is 1. The lowest BCUT2D eigenvalue weighted by atomic mass is 9.87. The second-order valence-electron chi connectivity index (χ2n) is 7.12. The largest absolute Gasteiger partial charge is 0.455 e. The number of rotatable bonds is 3. The van der Waals surface area contributed by atoms with E-state index in [0.717, 1.165) is 22.2 Å². The zero-order chi connectivity index (χ0) is 17.5. The van der Waals surface area contributed by atoms with Crippen molar-refractivity contribution in [3.05, 3.63) is 63.6 Å². The highest BCUT2D eigenvalue weighted by molar-refractivity contribution is 5.92. The van der Waals surface area contributed by atoms with Crippen LogP contribution < -0.4 is 0 Å². The van der Waals surface area contributed by atoms with Crippen LogP contribution in [0, 0.1) is 11.8 Å². The van der Waals surface area contributed by atoms with E-state index < -0.39 is 5.91 Å². The Morgan fingerprint density at radius 3 is 2.62 bits per heavy atom. The van der Waals surface area contributed by atoms with Gasteiger partial charge < -0.3 is 9.40 Å². The van der Waals surface area contributed by atoms with Crippen LogP contribution >= 0.6 is 0 Å². The van der Waals surface area contributed by atoms with Crippen molar-refractivity contribution in [2.45, 2.75) is 39.5 Å². The zero-order valence-corrected chi connectivity index (χ0v) is 14.3. The second kappa shape index (κ2) is 5.74. The van der Waals surface area contributed by atoms with Gasteiger partial charge >= 0.3 is 5.91 Å². The lowest BCUT2D eigenvalue weighted by Gasteiger charge is -2.19. The first kappa shape index (κ1) is 16.2. The van der Waals surface area contributed by atoms with Gasteiger partial charge in [-0.25, -0.2) is 0 Å². The first-order valence-corrected chi connectivity index (χ1v) is 7.87. The van der Waals surface area contributed by atoms with Crippen LogP contribution in [0.3, 0.4) is 0 Å². The molecule has 0 aliphatic carbocycles. The van der Waals surface area contributed by atoms with Crippen molar-refractivity contribution in [2.75, 3.05) is 0 Å². The molecule has 0 atom stereocenters. The van der Waals surface area contributed by atoms with Crippen molar-refractivity contribution in [1.82, 2.24) is 4.98 Å². The molecule has 5 heteroatoms. The zero-order valence-electron chi connectivity index (χ0n) is 14.3. The molecule has 2 heterocycles. The number of aromatic nitrogens is 1. The van der Waals surface area contributed by atoms with Gasteiger partial charge in [0.2, 0.25) is 0 Å². The van der Waals surface area contributed by atoms with E-state index in [-0.39, 0.29) is 11.2 Å². The SMILES string of the molecule is Cc1ccc2c(Cc3ccc(C(=O)N=O)o3)c(C(C)(C)C)[nH]c2c1. The van der Waals surface area contributed by atoms with Crippen LogP contribution in [0.1, 0.15) is 53.9 Å². The van der Waals surface area contributed by atoms with Crippen molar-refractivity contribution in [3.8, 4) is 0 Å². The molecule has 0 unspecified atom stereocenters. The third-order valence-electron chi connectivity index (χ3n) is 4.12. The number of carbonyl (C=O) groups is 1. The Labute approximate surface area is 140 Å². The number of furan rings is 1. The van der Waals surface area contributed by atoms with Crippen LogP contribution in [0.5, 0.6) is 0 Å². The monoisotopic (exact) mass is 324 g/mol. The summed E-state index contributed by atoms with van der Waals surface area (Å²) in [4.78, 5) is 25.2. The van der Waals surface area contributed by atoms with E-state index in [1.165, 1.54) is 11.6 Å². The number of fused-ring (bicyclic) bond motifs is 1. The average Bonchev–Trinajstić information content (AvgIpc) is 3.11. The first-order chi connectivity index (χ1) is 11.3. The van der Waals surface area contributed by atoms with E-state index in [2.05, 4.69) is 56.1 Å². The van der Waals surface area contributed by atoms with Gasteiger partial charge in [-0.05, 0) is 36.2 Å². The van der Waals surface area contributed by atoms with E-state index in [4.69, 9.17) is 4.42 Å². The van der Waals surface area contributed by atoms with E-state index in [1.54, 1.807) is 6.07 Å². The Bertz CT molecular complexity index is 926. The van der Waals surface area contributed by atoms with E-state index in [1.807, 2.05) is 0 Å². The van der Waals surface area contributed by atoms with E-state index in [9.17, 15) is 9.70 Å². The molecule has 0 spiro atoms. The second-order valence-corrected chi connectivity index (χ2v) is 7.12.